The van der Waals surface area contributed by atoms with Crippen molar-refractivity contribution in [1.82, 2.24) is 0 Å². The van der Waals surface area contributed by atoms with Crippen LogP contribution >= 0.6 is 46.4 Å². The summed E-state index contributed by atoms with van der Waals surface area (Å²) in [5.41, 5.74) is -0.159. The van der Waals surface area contributed by atoms with Crippen LogP contribution in [0.4, 0.5) is 0 Å². The molecule has 0 bridgehead atoms. The maximum atomic E-state index is 12.9. The molecule has 0 amide bonds. The summed E-state index contributed by atoms with van der Waals surface area (Å²) in [6.45, 7) is 0. The second-order valence-corrected chi connectivity index (χ2v) is 9.40. The molecule has 3 aromatic carbocycles. The quantitative estimate of drug-likeness (QED) is 0.311. The van der Waals surface area contributed by atoms with Crippen molar-refractivity contribution in [3.8, 4) is 11.5 Å². The van der Waals surface area contributed by atoms with Crippen LogP contribution in [0.5, 0.6) is 11.5 Å². The lowest BCUT2D eigenvalue weighted by Gasteiger charge is -2.33. The fourth-order valence-electron chi connectivity index (χ4n) is 3.20. The van der Waals surface area contributed by atoms with E-state index in [9.17, 15) is 23.2 Å². The number of hydrogen-bond acceptors (Lipinski definition) is 4. The zero-order valence-corrected chi connectivity index (χ0v) is 18.1. The number of aromatic hydroxyl groups is 2. The van der Waals surface area contributed by atoms with Gasteiger partial charge in [-0.25, -0.2) is 0 Å². The van der Waals surface area contributed by atoms with E-state index in [1.165, 1.54) is 36.4 Å². The van der Waals surface area contributed by atoms with Gasteiger partial charge in [0.25, 0.3) is 10.1 Å². The van der Waals surface area contributed by atoms with Gasteiger partial charge < -0.3 is 10.2 Å². The molecule has 0 heterocycles. The molecule has 0 aliphatic heterocycles. The van der Waals surface area contributed by atoms with E-state index >= 15 is 0 Å². The van der Waals surface area contributed by atoms with Crippen molar-refractivity contribution in [2.75, 3.05) is 0 Å². The molecule has 0 aliphatic rings. The fourth-order valence-corrected chi connectivity index (χ4v) is 5.36. The Bertz CT molecular complexity index is 1170. The molecule has 0 radical (unpaired) electrons. The minimum absolute atomic E-state index is 0.0195. The zero-order chi connectivity index (χ0) is 21.6. The summed E-state index contributed by atoms with van der Waals surface area (Å²) in [6.07, 6.45) is 0. The summed E-state index contributed by atoms with van der Waals surface area (Å²) in [6, 6.07) is 11.7. The second-order valence-electron chi connectivity index (χ2n) is 6.15. The molecule has 1 unspecified atom stereocenters. The lowest BCUT2D eigenvalue weighted by molar-refractivity contribution is 0.455. The first-order valence-corrected chi connectivity index (χ1v) is 10.8. The van der Waals surface area contributed by atoms with Gasteiger partial charge in [0.1, 0.15) is 5.75 Å². The van der Waals surface area contributed by atoms with Crippen LogP contribution in [-0.4, -0.2) is 23.2 Å². The second kappa shape index (κ2) is 7.87. The first-order valence-electron chi connectivity index (χ1n) is 7.88. The molecule has 10 heteroatoms. The Kier molecular flexibility index (Phi) is 5.98. The molecule has 29 heavy (non-hydrogen) atoms. The van der Waals surface area contributed by atoms with Crippen LogP contribution in [0, 0.1) is 0 Å². The summed E-state index contributed by atoms with van der Waals surface area (Å²) < 4.78 is 34.0. The van der Waals surface area contributed by atoms with E-state index in [1.807, 2.05) is 0 Å². The predicted molar refractivity (Wildman–Crippen MR) is 114 cm³/mol. The lowest BCUT2D eigenvalue weighted by atomic mass is 9.83. The first-order chi connectivity index (χ1) is 13.5. The summed E-state index contributed by atoms with van der Waals surface area (Å²) in [5.74, 6) is -0.792. The van der Waals surface area contributed by atoms with Crippen LogP contribution < -0.4 is 0 Å². The topological polar surface area (TPSA) is 94.8 Å². The smallest absolute Gasteiger partial charge is 0.283 e. The number of phenols is 2. The molecule has 0 fully saturated rings. The van der Waals surface area contributed by atoms with Gasteiger partial charge in [0, 0.05) is 10.0 Å². The van der Waals surface area contributed by atoms with Crippen molar-refractivity contribution in [3.63, 3.8) is 0 Å². The summed E-state index contributed by atoms with van der Waals surface area (Å²) >= 11 is 24.2. The lowest BCUT2D eigenvalue weighted by Crippen LogP contribution is -2.38. The molecule has 0 spiro atoms. The van der Waals surface area contributed by atoms with Gasteiger partial charge >= 0.3 is 0 Å². The van der Waals surface area contributed by atoms with Crippen LogP contribution in [0.2, 0.25) is 20.1 Å². The van der Waals surface area contributed by atoms with Crippen LogP contribution in [-0.2, 0) is 14.9 Å². The van der Waals surface area contributed by atoms with E-state index in [1.54, 1.807) is 0 Å². The van der Waals surface area contributed by atoms with Gasteiger partial charge in [0.15, 0.2) is 10.5 Å². The molecule has 1 atom stereocenters. The highest BCUT2D eigenvalue weighted by Crippen LogP contribution is 2.48. The molecule has 3 N–H and O–H groups in total. The van der Waals surface area contributed by atoms with Crippen molar-refractivity contribution < 1.29 is 23.2 Å². The fraction of sp³-hybridized carbons (Fsp3) is 0.0526. The van der Waals surface area contributed by atoms with E-state index in [0.717, 1.165) is 18.2 Å². The van der Waals surface area contributed by atoms with Gasteiger partial charge in [-0.05, 0) is 59.2 Å². The average molecular weight is 494 g/mol. The van der Waals surface area contributed by atoms with Crippen LogP contribution in [0.25, 0.3) is 0 Å². The minimum Gasteiger partial charge on any atom is -0.508 e. The van der Waals surface area contributed by atoms with E-state index in [-0.39, 0.29) is 42.5 Å². The monoisotopic (exact) mass is 492 g/mol. The third-order valence-corrected chi connectivity index (χ3v) is 6.84. The van der Waals surface area contributed by atoms with Crippen LogP contribution in [0.15, 0.2) is 54.6 Å². The number of rotatable bonds is 4. The number of phenolic OH excluding ortho intramolecular Hbond substituents is 2. The molecule has 0 saturated carbocycles. The van der Waals surface area contributed by atoms with Gasteiger partial charge in [0.05, 0.1) is 10.0 Å². The highest BCUT2D eigenvalue weighted by atomic mass is 35.5. The van der Waals surface area contributed by atoms with E-state index in [4.69, 9.17) is 46.4 Å². The van der Waals surface area contributed by atoms with E-state index < -0.39 is 20.6 Å². The van der Waals surface area contributed by atoms with Crippen LogP contribution in [0.1, 0.15) is 16.7 Å². The molecule has 3 aromatic rings. The third kappa shape index (κ3) is 3.89. The Balaban J connectivity index is 2.58. The molecular formula is C19H12Cl4O5S. The van der Waals surface area contributed by atoms with Gasteiger partial charge in [-0.1, -0.05) is 58.5 Å². The van der Waals surface area contributed by atoms with Gasteiger partial charge in [-0.3, -0.25) is 4.55 Å². The minimum atomic E-state index is -5.01. The van der Waals surface area contributed by atoms with Crippen LogP contribution in [0.3, 0.4) is 0 Å². The SMILES string of the molecule is O=S(=O)(O)C(c1cccc(Cl)c1)(c1cc(O)cc(Cl)c1)c1cc(Cl)c(O)c(Cl)c1. The van der Waals surface area contributed by atoms with Gasteiger partial charge in [-0.15, -0.1) is 0 Å². The Morgan fingerprint density at radius 3 is 1.79 bits per heavy atom. The van der Waals surface area contributed by atoms with Crippen molar-refractivity contribution >= 4 is 56.5 Å². The molecule has 0 aliphatic carbocycles. The number of halogens is 4. The predicted octanol–water partition coefficient (Wildman–Crippen LogP) is 5.89. The average Bonchev–Trinajstić information content (AvgIpc) is 2.58. The first kappa shape index (κ1) is 22.0. The van der Waals surface area contributed by atoms with Crippen molar-refractivity contribution in [2.24, 2.45) is 0 Å². The highest BCUT2D eigenvalue weighted by molar-refractivity contribution is 7.87. The van der Waals surface area contributed by atoms with Crippen molar-refractivity contribution in [1.29, 1.82) is 0 Å². The standard InChI is InChI=1S/C19H12Cl4O5S/c20-13-3-1-2-10(4-13)19(29(26,27)28,11-5-14(21)9-15(24)6-11)12-7-16(22)18(25)17(23)8-12/h1-9,24-25H,(H,26,27,28). The maximum absolute atomic E-state index is 12.9. The Hall–Kier alpha value is -1.67. The normalized spacial score (nSPS) is 13.8. The molecule has 152 valence electrons. The summed E-state index contributed by atoms with van der Waals surface area (Å²) in [4.78, 5) is 0. The molecule has 0 aromatic heterocycles. The largest absolute Gasteiger partial charge is 0.508 e. The number of hydrogen-bond donors (Lipinski definition) is 3. The number of benzene rings is 3. The molecular weight excluding hydrogens is 482 g/mol. The maximum Gasteiger partial charge on any atom is 0.283 e. The molecule has 0 saturated heterocycles. The Morgan fingerprint density at radius 2 is 1.28 bits per heavy atom. The zero-order valence-electron chi connectivity index (χ0n) is 14.3. The van der Waals surface area contributed by atoms with Gasteiger partial charge in [0.2, 0.25) is 0 Å². The summed E-state index contributed by atoms with van der Waals surface area (Å²) in [5, 5.41) is 19.7. The van der Waals surface area contributed by atoms with E-state index in [0.29, 0.717) is 0 Å². The molecule has 5 nitrogen and oxygen atoms in total. The summed E-state index contributed by atoms with van der Waals surface area (Å²) in [7, 11) is -5.01. The van der Waals surface area contributed by atoms with Crippen molar-refractivity contribution in [3.05, 3.63) is 91.4 Å². The third-order valence-electron chi connectivity index (χ3n) is 4.33. The van der Waals surface area contributed by atoms with E-state index in [2.05, 4.69) is 0 Å². The Morgan fingerprint density at radius 1 is 0.724 bits per heavy atom. The van der Waals surface area contributed by atoms with Gasteiger partial charge in [-0.2, -0.15) is 8.42 Å². The Labute approximate surface area is 186 Å². The highest BCUT2D eigenvalue weighted by Gasteiger charge is 2.49. The van der Waals surface area contributed by atoms with Crippen molar-refractivity contribution in [2.45, 2.75) is 4.75 Å². The molecule has 3 rings (SSSR count).